The van der Waals surface area contributed by atoms with Gasteiger partial charge in [-0.1, -0.05) is 55.7 Å². The van der Waals surface area contributed by atoms with E-state index < -0.39 is 28.5 Å². The lowest BCUT2D eigenvalue weighted by Gasteiger charge is -2.33. The highest BCUT2D eigenvalue weighted by Gasteiger charge is 2.34. The van der Waals surface area contributed by atoms with Crippen molar-refractivity contribution in [3.05, 3.63) is 83.4 Å². The number of amides is 2. The van der Waals surface area contributed by atoms with Crippen molar-refractivity contribution in [3.8, 4) is 11.5 Å². The maximum absolute atomic E-state index is 14.3. The van der Waals surface area contributed by atoms with Crippen LogP contribution in [0.5, 0.6) is 11.5 Å². The first-order valence-corrected chi connectivity index (χ1v) is 16.4. The van der Waals surface area contributed by atoms with Crippen LogP contribution in [0.2, 0.25) is 0 Å². The van der Waals surface area contributed by atoms with Crippen LogP contribution in [-0.4, -0.2) is 58.0 Å². The van der Waals surface area contributed by atoms with Crippen molar-refractivity contribution in [1.82, 2.24) is 10.2 Å². The van der Waals surface area contributed by atoms with Gasteiger partial charge in [-0.05, 0) is 74.6 Å². The van der Waals surface area contributed by atoms with Gasteiger partial charge in [-0.15, -0.1) is 0 Å². The van der Waals surface area contributed by atoms with Crippen molar-refractivity contribution >= 4 is 27.5 Å². The molecule has 0 saturated heterocycles. The van der Waals surface area contributed by atoms with E-state index in [1.807, 2.05) is 50.2 Å². The number of carbonyl (C=O) groups is 2. The normalized spacial score (nSPS) is 14.4. The largest absolute Gasteiger partial charge is 0.493 e. The number of sulfonamides is 1. The molecule has 1 atom stereocenters. The molecule has 0 radical (unpaired) electrons. The monoisotopic (exact) mass is 621 g/mol. The Kier molecular flexibility index (Phi) is 10.9. The summed E-state index contributed by atoms with van der Waals surface area (Å²) < 4.78 is 40.4. The number of aryl methyl sites for hydroxylation is 2. The van der Waals surface area contributed by atoms with Crippen LogP contribution in [0.4, 0.5) is 5.69 Å². The Morgan fingerprint density at radius 1 is 0.886 bits per heavy atom. The molecule has 0 aromatic heterocycles. The molecule has 3 aromatic rings. The lowest BCUT2D eigenvalue weighted by Crippen LogP contribution is -2.53. The van der Waals surface area contributed by atoms with Gasteiger partial charge in [-0.2, -0.15) is 0 Å². The highest BCUT2D eigenvalue weighted by atomic mass is 32.2. The van der Waals surface area contributed by atoms with E-state index >= 15 is 0 Å². The summed E-state index contributed by atoms with van der Waals surface area (Å²) in [5, 5.41) is 3.13. The van der Waals surface area contributed by atoms with Crippen molar-refractivity contribution in [2.45, 2.75) is 76.4 Å². The number of benzene rings is 3. The molecule has 0 spiro atoms. The lowest BCUT2D eigenvalue weighted by molar-refractivity contribution is -0.139. The summed E-state index contributed by atoms with van der Waals surface area (Å²) in [4.78, 5) is 29.1. The Balaban J connectivity index is 1.72. The predicted molar refractivity (Wildman–Crippen MR) is 171 cm³/mol. The Labute approximate surface area is 261 Å². The molecule has 0 aliphatic heterocycles. The van der Waals surface area contributed by atoms with E-state index in [0.717, 1.165) is 53.1 Å². The van der Waals surface area contributed by atoms with Gasteiger partial charge in [0, 0.05) is 18.7 Å². The SMILES string of the molecule is COc1ccc(S(=O)(=O)N(CC(=O)N(Cc2ccccc2)[C@@H](C)C(=O)NC2CCCCC2)c2cc(C)cc(C)c2)cc1OC. The molecule has 2 amide bonds. The van der Waals surface area contributed by atoms with Crippen LogP contribution in [0.1, 0.15) is 55.7 Å². The topological polar surface area (TPSA) is 105 Å². The number of rotatable bonds is 12. The quantitative estimate of drug-likeness (QED) is 0.291. The second kappa shape index (κ2) is 14.6. The minimum Gasteiger partial charge on any atom is -0.493 e. The van der Waals surface area contributed by atoms with Gasteiger partial charge in [0.25, 0.3) is 10.0 Å². The fourth-order valence-electron chi connectivity index (χ4n) is 5.66. The van der Waals surface area contributed by atoms with Crippen LogP contribution in [0.15, 0.2) is 71.6 Å². The van der Waals surface area contributed by atoms with Crippen molar-refractivity contribution in [2.24, 2.45) is 0 Å². The van der Waals surface area contributed by atoms with Crippen LogP contribution < -0.4 is 19.1 Å². The molecule has 1 saturated carbocycles. The minimum absolute atomic E-state index is 0.0557. The molecule has 1 aliphatic rings. The van der Waals surface area contributed by atoms with Gasteiger partial charge < -0.3 is 19.7 Å². The molecule has 3 aromatic carbocycles. The maximum atomic E-state index is 14.3. The molecule has 0 bridgehead atoms. The van der Waals surface area contributed by atoms with Crippen LogP contribution >= 0.6 is 0 Å². The predicted octanol–water partition coefficient (Wildman–Crippen LogP) is 5.38. The molecule has 9 nitrogen and oxygen atoms in total. The zero-order valence-corrected chi connectivity index (χ0v) is 27.0. The van der Waals surface area contributed by atoms with E-state index in [1.54, 1.807) is 19.1 Å². The summed E-state index contributed by atoms with van der Waals surface area (Å²) >= 11 is 0. The zero-order valence-electron chi connectivity index (χ0n) is 26.2. The van der Waals surface area contributed by atoms with Gasteiger partial charge in [0.05, 0.1) is 24.8 Å². The lowest BCUT2D eigenvalue weighted by atomic mass is 9.95. The average Bonchev–Trinajstić information content (AvgIpc) is 3.02. The van der Waals surface area contributed by atoms with Crippen molar-refractivity contribution in [3.63, 3.8) is 0 Å². The number of methoxy groups -OCH3 is 2. The first kappa shape index (κ1) is 32.9. The molecular formula is C34H43N3O6S. The summed E-state index contributed by atoms with van der Waals surface area (Å²) in [5.74, 6) is -0.114. The van der Waals surface area contributed by atoms with E-state index in [1.165, 1.54) is 37.3 Å². The number of ether oxygens (including phenoxy) is 2. The molecule has 4 rings (SSSR count). The number of carbonyl (C=O) groups excluding carboxylic acids is 2. The van der Waals surface area contributed by atoms with Crippen LogP contribution in [0.3, 0.4) is 0 Å². The third kappa shape index (κ3) is 7.91. The summed E-state index contributed by atoms with van der Waals surface area (Å²) in [6, 6.07) is 18.4. The summed E-state index contributed by atoms with van der Waals surface area (Å²) in [5.41, 5.74) is 2.88. The van der Waals surface area contributed by atoms with Crippen LogP contribution in [0, 0.1) is 13.8 Å². The third-order valence-corrected chi connectivity index (χ3v) is 9.80. The second-order valence-electron chi connectivity index (χ2n) is 11.4. The average molecular weight is 622 g/mol. The fourth-order valence-corrected chi connectivity index (χ4v) is 7.07. The first-order valence-electron chi connectivity index (χ1n) is 15.0. The Hall–Kier alpha value is -4.05. The van der Waals surface area contributed by atoms with Gasteiger partial charge in [-0.25, -0.2) is 8.42 Å². The minimum atomic E-state index is -4.27. The summed E-state index contributed by atoms with van der Waals surface area (Å²) in [6.45, 7) is 5.09. The Bertz CT molecular complexity index is 1530. The van der Waals surface area contributed by atoms with Crippen molar-refractivity contribution < 1.29 is 27.5 Å². The Morgan fingerprint density at radius 3 is 2.14 bits per heavy atom. The molecular weight excluding hydrogens is 578 g/mol. The number of anilines is 1. The third-order valence-electron chi connectivity index (χ3n) is 8.03. The number of hydrogen-bond donors (Lipinski definition) is 1. The van der Waals surface area contributed by atoms with E-state index in [2.05, 4.69) is 5.32 Å². The van der Waals surface area contributed by atoms with Gasteiger partial charge in [0.15, 0.2) is 11.5 Å². The fraction of sp³-hybridized carbons (Fsp3) is 0.412. The smallest absolute Gasteiger partial charge is 0.264 e. The van der Waals surface area contributed by atoms with E-state index in [0.29, 0.717) is 11.4 Å². The highest BCUT2D eigenvalue weighted by Crippen LogP contribution is 2.33. The van der Waals surface area contributed by atoms with Gasteiger partial charge in [-0.3, -0.25) is 13.9 Å². The molecule has 1 fully saturated rings. The first-order chi connectivity index (χ1) is 21.0. The molecule has 44 heavy (non-hydrogen) atoms. The standard InChI is InChI=1S/C34H43N3O6S/c1-24-18-25(2)20-29(19-24)37(44(40,41)30-16-17-31(42-4)32(21-30)43-5)23-33(38)36(22-27-12-8-6-9-13-27)26(3)34(39)35-28-14-10-7-11-15-28/h6,8-9,12-13,16-21,26,28H,7,10-11,14-15,22-23H2,1-5H3,(H,35,39)/t26-/m0/s1. The number of hydrogen-bond acceptors (Lipinski definition) is 6. The molecule has 0 heterocycles. The zero-order chi connectivity index (χ0) is 31.9. The molecule has 1 aliphatic carbocycles. The summed E-state index contributed by atoms with van der Waals surface area (Å²) in [6.07, 6.45) is 5.10. The van der Waals surface area contributed by atoms with Crippen LogP contribution in [-0.2, 0) is 26.2 Å². The van der Waals surface area contributed by atoms with Gasteiger partial charge in [0.2, 0.25) is 11.8 Å². The van der Waals surface area contributed by atoms with Crippen LogP contribution in [0.25, 0.3) is 0 Å². The molecule has 1 N–H and O–H groups in total. The van der Waals surface area contributed by atoms with Crippen molar-refractivity contribution in [2.75, 3.05) is 25.1 Å². The molecule has 236 valence electrons. The summed E-state index contributed by atoms with van der Waals surface area (Å²) in [7, 11) is -1.36. The number of nitrogens with zero attached hydrogens (tertiary/aromatic N) is 2. The molecule has 0 unspecified atom stereocenters. The van der Waals surface area contributed by atoms with E-state index in [9.17, 15) is 18.0 Å². The van der Waals surface area contributed by atoms with Gasteiger partial charge in [0.1, 0.15) is 12.6 Å². The number of nitrogens with one attached hydrogen (secondary N) is 1. The second-order valence-corrected chi connectivity index (χ2v) is 13.3. The maximum Gasteiger partial charge on any atom is 0.264 e. The van der Waals surface area contributed by atoms with Gasteiger partial charge >= 0.3 is 0 Å². The van der Waals surface area contributed by atoms with E-state index in [-0.39, 0.29) is 29.1 Å². The van der Waals surface area contributed by atoms with E-state index in [4.69, 9.17) is 9.47 Å². The highest BCUT2D eigenvalue weighted by molar-refractivity contribution is 7.92. The Morgan fingerprint density at radius 2 is 1.52 bits per heavy atom. The van der Waals surface area contributed by atoms with Crippen molar-refractivity contribution in [1.29, 1.82) is 0 Å². The molecule has 10 heteroatoms.